The lowest BCUT2D eigenvalue weighted by Crippen LogP contribution is -2.46. The molecule has 2 aromatic rings. The number of nitrogens with zero attached hydrogens (tertiary/aromatic N) is 3. The van der Waals surface area contributed by atoms with E-state index in [1.807, 2.05) is 18.2 Å². The molecule has 7 heteroatoms. The molecule has 1 saturated heterocycles. The molecule has 0 radical (unpaired) electrons. The van der Waals surface area contributed by atoms with E-state index in [2.05, 4.69) is 27.3 Å². The number of piperazine rings is 1. The zero-order chi connectivity index (χ0) is 18.5. The summed E-state index contributed by atoms with van der Waals surface area (Å²) in [7, 11) is 0. The van der Waals surface area contributed by atoms with Gasteiger partial charge in [0.1, 0.15) is 0 Å². The molecule has 3 rings (SSSR count). The number of benzene rings is 2. The number of rotatable bonds is 5. The van der Waals surface area contributed by atoms with Crippen LogP contribution in [0.4, 0.5) is 22.7 Å². The molecule has 0 unspecified atom stereocenters. The van der Waals surface area contributed by atoms with Crippen LogP contribution >= 0.6 is 0 Å². The Labute approximate surface area is 152 Å². The number of hydrogen-bond donors (Lipinski definition) is 3. The van der Waals surface area contributed by atoms with Gasteiger partial charge < -0.3 is 21.1 Å². The molecule has 0 aromatic heterocycles. The Kier molecular flexibility index (Phi) is 5.25. The van der Waals surface area contributed by atoms with Gasteiger partial charge in [0.15, 0.2) is 0 Å². The molecule has 0 spiro atoms. The van der Waals surface area contributed by atoms with Crippen LogP contribution < -0.4 is 16.0 Å². The Balaban J connectivity index is 1.70. The van der Waals surface area contributed by atoms with Crippen LogP contribution in [0.2, 0.25) is 0 Å². The second-order valence-corrected chi connectivity index (χ2v) is 6.20. The summed E-state index contributed by atoms with van der Waals surface area (Å²) in [5.41, 5.74) is 9.18. The minimum Gasteiger partial charge on any atom is -0.478 e. The number of aromatic carboxylic acids is 1. The van der Waals surface area contributed by atoms with Gasteiger partial charge in [0.05, 0.1) is 29.6 Å². The Morgan fingerprint density at radius 3 is 2.62 bits per heavy atom. The number of nitrogen functional groups attached to an aromatic ring is 1. The first-order chi connectivity index (χ1) is 12.6. The van der Waals surface area contributed by atoms with Crippen molar-refractivity contribution in [3.63, 3.8) is 0 Å². The summed E-state index contributed by atoms with van der Waals surface area (Å²) in [4.78, 5) is 15.4. The van der Waals surface area contributed by atoms with Crippen molar-refractivity contribution >= 4 is 28.7 Å². The molecule has 1 aliphatic heterocycles. The van der Waals surface area contributed by atoms with E-state index < -0.39 is 5.97 Å². The van der Waals surface area contributed by atoms with E-state index in [1.54, 1.807) is 6.07 Å². The van der Waals surface area contributed by atoms with Crippen LogP contribution in [0.3, 0.4) is 0 Å². The van der Waals surface area contributed by atoms with Gasteiger partial charge in [0, 0.05) is 37.6 Å². The van der Waals surface area contributed by atoms with Gasteiger partial charge >= 0.3 is 5.97 Å². The van der Waals surface area contributed by atoms with Crippen molar-refractivity contribution in [3.05, 3.63) is 48.0 Å². The van der Waals surface area contributed by atoms with E-state index in [0.717, 1.165) is 37.6 Å². The minimum absolute atomic E-state index is 0.164. The third kappa shape index (κ3) is 4.05. The van der Waals surface area contributed by atoms with Crippen LogP contribution in [0.5, 0.6) is 0 Å². The third-order valence-corrected chi connectivity index (χ3v) is 4.46. The second kappa shape index (κ2) is 7.76. The predicted molar refractivity (Wildman–Crippen MR) is 102 cm³/mol. The number of hydrogen-bond acceptors (Lipinski definition) is 6. The molecule has 1 aliphatic rings. The lowest BCUT2D eigenvalue weighted by atomic mass is 10.1. The Bertz CT molecular complexity index is 838. The number of carboxylic acids is 1. The van der Waals surface area contributed by atoms with E-state index in [4.69, 9.17) is 16.1 Å². The molecule has 7 nitrogen and oxygen atoms in total. The number of carbonyl (C=O) groups is 1. The molecule has 134 valence electrons. The van der Waals surface area contributed by atoms with Gasteiger partial charge in [-0.3, -0.25) is 4.90 Å². The van der Waals surface area contributed by atoms with Gasteiger partial charge in [-0.05, 0) is 36.4 Å². The predicted octanol–water partition coefficient (Wildman–Crippen LogP) is 2.36. The maximum absolute atomic E-state index is 11.0. The van der Waals surface area contributed by atoms with Crippen LogP contribution in [-0.2, 0) is 0 Å². The Hall–Kier alpha value is -3.24. The highest BCUT2D eigenvalue weighted by Gasteiger charge is 2.17. The van der Waals surface area contributed by atoms with Crippen molar-refractivity contribution in [3.8, 4) is 6.07 Å². The molecule has 4 N–H and O–H groups in total. The Morgan fingerprint density at radius 2 is 1.96 bits per heavy atom. The molecule has 26 heavy (non-hydrogen) atoms. The largest absolute Gasteiger partial charge is 0.478 e. The smallest absolute Gasteiger partial charge is 0.335 e. The molecule has 0 amide bonds. The highest BCUT2D eigenvalue weighted by molar-refractivity contribution is 5.91. The van der Waals surface area contributed by atoms with Crippen molar-refractivity contribution in [2.75, 3.05) is 48.7 Å². The fourth-order valence-electron chi connectivity index (χ4n) is 3.01. The van der Waals surface area contributed by atoms with Gasteiger partial charge in [-0.2, -0.15) is 5.26 Å². The van der Waals surface area contributed by atoms with E-state index in [0.29, 0.717) is 17.9 Å². The summed E-state index contributed by atoms with van der Waals surface area (Å²) in [5.74, 6) is -0.999. The van der Waals surface area contributed by atoms with E-state index in [9.17, 15) is 4.79 Å². The maximum atomic E-state index is 11.0. The van der Waals surface area contributed by atoms with E-state index >= 15 is 0 Å². The number of nitriles is 1. The van der Waals surface area contributed by atoms with Crippen molar-refractivity contribution in [2.45, 2.75) is 0 Å². The molecule has 0 saturated carbocycles. The summed E-state index contributed by atoms with van der Waals surface area (Å²) >= 11 is 0. The minimum atomic E-state index is -0.999. The van der Waals surface area contributed by atoms with Gasteiger partial charge in [-0.25, -0.2) is 4.79 Å². The number of nitrogens with one attached hydrogen (secondary N) is 1. The Morgan fingerprint density at radius 1 is 1.19 bits per heavy atom. The molecule has 2 aromatic carbocycles. The molecular formula is C19H21N5O2. The fourth-order valence-corrected chi connectivity index (χ4v) is 3.01. The average Bonchev–Trinajstić information content (AvgIpc) is 2.64. The quantitative estimate of drug-likeness (QED) is 0.561. The highest BCUT2D eigenvalue weighted by atomic mass is 16.4. The zero-order valence-corrected chi connectivity index (χ0v) is 14.4. The molecule has 1 fully saturated rings. The van der Waals surface area contributed by atoms with E-state index in [1.165, 1.54) is 12.1 Å². The summed E-state index contributed by atoms with van der Waals surface area (Å²) in [6, 6.07) is 14.9. The topological polar surface area (TPSA) is 106 Å². The van der Waals surface area contributed by atoms with Gasteiger partial charge in [0.25, 0.3) is 0 Å². The first-order valence-electron chi connectivity index (χ1n) is 8.41. The molecule has 0 atom stereocenters. The lowest BCUT2D eigenvalue weighted by molar-refractivity contribution is 0.0697. The van der Waals surface area contributed by atoms with Crippen molar-refractivity contribution < 1.29 is 9.90 Å². The first kappa shape index (κ1) is 17.6. The van der Waals surface area contributed by atoms with Gasteiger partial charge in [-0.15, -0.1) is 0 Å². The summed E-state index contributed by atoms with van der Waals surface area (Å²) < 4.78 is 0. The number of anilines is 4. The summed E-state index contributed by atoms with van der Waals surface area (Å²) in [6.07, 6.45) is 0. The standard InChI is InChI=1S/C19H21N5O2/c20-6-7-23-8-10-24(11-9-23)16-3-1-2-15(13-16)22-18-5-4-14(19(25)26)12-17(18)21/h1-5,12-13,22H,7-11,21H2,(H,25,26). The summed E-state index contributed by atoms with van der Waals surface area (Å²) in [5, 5.41) is 21.1. The highest BCUT2D eigenvalue weighted by Crippen LogP contribution is 2.27. The van der Waals surface area contributed by atoms with Crippen molar-refractivity contribution in [1.82, 2.24) is 4.90 Å². The average molecular weight is 351 g/mol. The second-order valence-electron chi connectivity index (χ2n) is 6.20. The van der Waals surface area contributed by atoms with Gasteiger partial charge in [0.2, 0.25) is 0 Å². The number of nitrogens with two attached hydrogens (primary N) is 1. The summed E-state index contributed by atoms with van der Waals surface area (Å²) in [6.45, 7) is 3.96. The zero-order valence-electron chi connectivity index (χ0n) is 14.4. The number of carboxylic acid groups (broad SMARTS) is 1. The van der Waals surface area contributed by atoms with Crippen LogP contribution in [0.15, 0.2) is 42.5 Å². The molecule has 0 aliphatic carbocycles. The van der Waals surface area contributed by atoms with Crippen LogP contribution in [0.1, 0.15) is 10.4 Å². The van der Waals surface area contributed by atoms with Crippen LogP contribution in [0, 0.1) is 11.3 Å². The fraction of sp³-hybridized carbons (Fsp3) is 0.263. The van der Waals surface area contributed by atoms with Crippen molar-refractivity contribution in [1.29, 1.82) is 5.26 Å². The van der Waals surface area contributed by atoms with Gasteiger partial charge in [-0.1, -0.05) is 6.07 Å². The monoisotopic (exact) mass is 351 g/mol. The SMILES string of the molecule is N#CCN1CCN(c2cccc(Nc3ccc(C(=O)O)cc3N)c2)CC1. The third-order valence-electron chi connectivity index (χ3n) is 4.46. The normalized spacial score (nSPS) is 14.7. The van der Waals surface area contributed by atoms with Crippen LogP contribution in [-0.4, -0.2) is 48.7 Å². The van der Waals surface area contributed by atoms with E-state index in [-0.39, 0.29) is 5.56 Å². The van der Waals surface area contributed by atoms with Crippen LogP contribution in [0.25, 0.3) is 0 Å². The van der Waals surface area contributed by atoms with Crippen molar-refractivity contribution in [2.24, 2.45) is 0 Å². The first-order valence-corrected chi connectivity index (χ1v) is 8.41. The lowest BCUT2D eigenvalue weighted by Gasteiger charge is -2.35. The molecule has 1 heterocycles. The molecule has 0 bridgehead atoms. The molecular weight excluding hydrogens is 330 g/mol. The maximum Gasteiger partial charge on any atom is 0.335 e.